The Kier molecular flexibility index (Phi) is 6.01. The Morgan fingerprint density at radius 3 is 1.46 bits per heavy atom. The number of hydrogen-bond acceptors (Lipinski definition) is 6. The molecule has 2 aromatic heterocycles. The second-order valence-electron chi connectivity index (χ2n) is 7.07. The summed E-state index contributed by atoms with van der Waals surface area (Å²) in [6.45, 7) is 12.2. The van der Waals surface area contributed by atoms with Crippen molar-refractivity contribution < 1.29 is 0 Å². The van der Waals surface area contributed by atoms with Crippen LogP contribution in [0.1, 0.15) is 49.2 Å². The zero-order chi connectivity index (χ0) is 18.5. The predicted octanol–water partition coefficient (Wildman–Crippen LogP) is 3.12. The molecule has 0 spiro atoms. The summed E-state index contributed by atoms with van der Waals surface area (Å²) in [5.41, 5.74) is 4.72. The van der Waals surface area contributed by atoms with E-state index in [1.807, 2.05) is 12.4 Å². The summed E-state index contributed by atoms with van der Waals surface area (Å²) in [6, 6.07) is 0. The average molecular weight is 355 g/mol. The van der Waals surface area contributed by atoms with E-state index in [-0.39, 0.29) is 0 Å². The molecule has 1 aliphatic heterocycles. The van der Waals surface area contributed by atoms with Crippen molar-refractivity contribution in [3.63, 3.8) is 0 Å². The molecule has 1 saturated heterocycles. The van der Waals surface area contributed by atoms with E-state index in [9.17, 15) is 0 Å². The minimum Gasteiger partial charge on any atom is -0.337 e. The van der Waals surface area contributed by atoms with E-state index in [4.69, 9.17) is 9.97 Å². The molecule has 0 saturated carbocycles. The van der Waals surface area contributed by atoms with Crippen molar-refractivity contribution in [2.75, 3.05) is 36.0 Å². The van der Waals surface area contributed by atoms with Gasteiger partial charge in [0.05, 0.1) is 0 Å². The second kappa shape index (κ2) is 8.43. The lowest BCUT2D eigenvalue weighted by Crippen LogP contribution is -2.47. The third-order valence-corrected chi connectivity index (χ3v) is 4.95. The third kappa shape index (κ3) is 4.11. The summed E-state index contributed by atoms with van der Waals surface area (Å²) < 4.78 is 0. The van der Waals surface area contributed by atoms with Gasteiger partial charge in [-0.05, 0) is 37.8 Å². The first-order valence-corrected chi connectivity index (χ1v) is 9.77. The Labute approximate surface area is 156 Å². The lowest BCUT2D eigenvalue weighted by Gasteiger charge is -2.35. The fourth-order valence-electron chi connectivity index (χ4n) is 3.32. The topological polar surface area (TPSA) is 58.0 Å². The maximum absolute atomic E-state index is 4.80. The summed E-state index contributed by atoms with van der Waals surface area (Å²) in [5, 5.41) is 0. The highest BCUT2D eigenvalue weighted by Gasteiger charge is 2.21. The first-order valence-electron chi connectivity index (χ1n) is 9.77. The Hall–Kier alpha value is -2.24. The van der Waals surface area contributed by atoms with E-state index in [1.165, 1.54) is 22.5 Å². The largest absolute Gasteiger partial charge is 0.337 e. The molecule has 0 radical (unpaired) electrons. The molecule has 0 aromatic carbocycles. The number of nitrogens with zero attached hydrogens (tertiary/aromatic N) is 6. The summed E-state index contributed by atoms with van der Waals surface area (Å²) in [6.07, 6.45) is 8.16. The van der Waals surface area contributed by atoms with Crippen molar-refractivity contribution in [2.24, 2.45) is 0 Å². The van der Waals surface area contributed by atoms with Gasteiger partial charge in [-0.25, -0.2) is 19.9 Å². The van der Waals surface area contributed by atoms with Crippen LogP contribution in [-0.4, -0.2) is 46.1 Å². The predicted molar refractivity (Wildman–Crippen MR) is 106 cm³/mol. The lowest BCUT2D eigenvalue weighted by atomic mass is 10.1. The van der Waals surface area contributed by atoms with Gasteiger partial charge in [0, 0.05) is 50.0 Å². The van der Waals surface area contributed by atoms with Gasteiger partial charge in [0.25, 0.3) is 0 Å². The average Bonchev–Trinajstić information content (AvgIpc) is 2.66. The number of anilines is 2. The second-order valence-corrected chi connectivity index (χ2v) is 7.07. The van der Waals surface area contributed by atoms with Crippen LogP contribution in [-0.2, 0) is 12.8 Å². The molecule has 1 fully saturated rings. The van der Waals surface area contributed by atoms with Crippen molar-refractivity contribution in [1.29, 1.82) is 0 Å². The Morgan fingerprint density at radius 1 is 0.731 bits per heavy atom. The van der Waals surface area contributed by atoms with Gasteiger partial charge in [-0.1, -0.05) is 26.7 Å². The number of aryl methyl sites for hydroxylation is 4. The molecule has 140 valence electrons. The van der Waals surface area contributed by atoms with E-state index >= 15 is 0 Å². The summed E-state index contributed by atoms with van der Waals surface area (Å²) in [5.74, 6) is 1.71. The molecule has 3 rings (SSSR count). The molecule has 1 aliphatic rings. The molecule has 6 heteroatoms. The molecule has 0 N–H and O–H groups in total. The van der Waals surface area contributed by atoms with Gasteiger partial charge in [0.15, 0.2) is 0 Å². The molecule has 0 aliphatic carbocycles. The van der Waals surface area contributed by atoms with Crippen LogP contribution in [0, 0.1) is 13.8 Å². The van der Waals surface area contributed by atoms with E-state index < -0.39 is 0 Å². The zero-order valence-electron chi connectivity index (χ0n) is 16.5. The fraction of sp³-hybridized carbons (Fsp3) is 0.600. The van der Waals surface area contributed by atoms with Crippen LogP contribution >= 0.6 is 0 Å². The SMILES string of the molecule is CCCc1nc(N2CCN(c3ncc(C)c(CCC)n3)CC2)ncc1C. The summed E-state index contributed by atoms with van der Waals surface area (Å²) >= 11 is 0. The summed E-state index contributed by atoms with van der Waals surface area (Å²) in [4.78, 5) is 23.3. The zero-order valence-corrected chi connectivity index (χ0v) is 16.5. The van der Waals surface area contributed by atoms with Gasteiger partial charge >= 0.3 is 0 Å². The molecule has 0 unspecified atom stereocenters. The van der Waals surface area contributed by atoms with Crippen LogP contribution in [0.25, 0.3) is 0 Å². The van der Waals surface area contributed by atoms with Gasteiger partial charge in [0.1, 0.15) is 0 Å². The van der Waals surface area contributed by atoms with E-state index in [0.29, 0.717) is 0 Å². The third-order valence-electron chi connectivity index (χ3n) is 4.95. The van der Waals surface area contributed by atoms with Crippen LogP contribution in [0.2, 0.25) is 0 Å². The van der Waals surface area contributed by atoms with Crippen LogP contribution in [0.3, 0.4) is 0 Å². The molecule has 2 aromatic rings. The van der Waals surface area contributed by atoms with Crippen molar-refractivity contribution >= 4 is 11.9 Å². The van der Waals surface area contributed by atoms with Gasteiger partial charge in [0.2, 0.25) is 11.9 Å². The Bertz CT molecular complexity index is 674. The first-order chi connectivity index (χ1) is 12.6. The van der Waals surface area contributed by atoms with Crippen molar-refractivity contribution in [3.05, 3.63) is 34.9 Å². The van der Waals surface area contributed by atoms with Gasteiger partial charge in [-0.15, -0.1) is 0 Å². The Morgan fingerprint density at radius 2 is 1.12 bits per heavy atom. The van der Waals surface area contributed by atoms with E-state index in [2.05, 4.69) is 47.5 Å². The number of rotatable bonds is 6. The van der Waals surface area contributed by atoms with Crippen molar-refractivity contribution in [2.45, 2.75) is 53.4 Å². The molecular formula is C20H30N6. The van der Waals surface area contributed by atoms with Crippen LogP contribution in [0.4, 0.5) is 11.9 Å². The van der Waals surface area contributed by atoms with Crippen LogP contribution < -0.4 is 9.80 Å². The first kappa shape index (κ1) is 18.5. The van der Waals surface area contributed by atoms with Gasteiger partial charge < -0.3 is 9.80 Å². The van der Waals surface area contributed by atoms with Gasteiger partial charge in [-0.3, -0.25) is 0 Å². The summed E-state index contributed by atoms with van der Waals surface area (Å²) in [7, 11) is 0. The smallest absolute Gasteiger partial charge is 0.225 e. The van der Waals surface area contributed by atoms with Gasteiger partial charge in [-0.2, -0.15) is 0 Å². The van der Waals surface area contributed by atoms with Crippen LogP contribution in [0.5, 0.6) is 0 Å². The molecule has 0 amide bonds. The fourth-order valence-corrected chi connectivity index (χ4v) is 3.32. The molecule has 3 heterocycles. The molecular weight excluding hydrogens is 324 g/mol. The quantitative estimate of drug-likeness (QED) is 0.794. The lowest BCUT2D eigenvalue weighted by molar-refractivity contribution is 0.623. The molecule has 0 atom stereocenters. The maximum Gasteiger partial charge on any atom is 0.225 e. The minimum absolute atomic E-state index is 0.857. The van der Waals surface area contributed by atoms with Crippen molar-refractivity contribution in [3.8, 4) is 0 Å². The van der Waals surface area contributed by atoms with Crippen LogP contribution in [0.15, 0.2) is 12.4 Å². The Balaban J connectivity index is 1.68. The number of hydrogen-bond donors (Lipinski definition) is 0. The van der Waals surface area contributed by atoms with E-state index in [0.717, 1.165) is 63.8 Å². The van der Waals surface area contributed by atoms with E-state index in [1.54, 1.807) is 0 Å². The standard InChI is InChI=1S/C20H30N6/c1-5-7-17-15(3)13-21-19(23-17)25-9-11-26(12-10-25)20-22-14-16(4)18(24-20)8-6-2/h13-14H,5-12H2,1-4H3. The highest BCUT2D eigenvalue weighted by atomic mass is 15.4. The monoisotopic (exact) mass is 354 g/mol. The minimum atomic E-state index is 0.857. The maximum atomic E-state index is 4.80. The molecule has 0 bridgehead atoms. The highest BCUT2D eigenvalue weighted by Crippen LogP contribution is 2.18. The molecule has 6 nitrogen and oxygen atoms in total. The molecule has 26 heavy (non-hydrogen) atoms. The number of aromatic nitrogens is 4. The van der Waals surface area contributed by atoms with Crippen molar-refractivity contribution in [1.82, 2.24) is 19.9 Å². The normalized spacial score (nSPS) is 14.8. The number of piperazine rings is 1. The highest BCUT2D eigenvalue weighted by molar-refractivity contribution is 5.39.